The molecule has 1 fully saturated rings. The lowest BCUT2D eigenvalue weighted by atomic mass is 10.4. The van der Waals surface area contributed by atoms with Crippen LogP contribution in [0.1, 0.15) is 12.8 Å². The number of carbonyl (C=O) groups excluding carboxylic acids is 3. The molecule has 0 unspecified atom stereocenters. The Balaban J connectivity index is 0.000000428. The van der Waals surface area contributed by atoms with Crippen molar-refractivity contribution >= 4 is 17.8 Å². The van der Waals surface area contributed by atoms with Crippen LogP contribution in [0.2, 0.25) is 0 Å². The van der Waals surface area contributed by atoms with E-state index in [1.165, 1.54) is 0 Å². The van der Waals surface area contributed by atoms with Crippen molar-refractivity contribution in [1.82, 2.24) is 5.06 Å². The van der Waals surface area contributed by atoms with E-state index in [0.29, 0.717) is 13.0 Å². The first kappa shape index (κ1) is 18.1. The van der Waals surface area contributed by atoms with Gasteiger partial charge in [0, 0.05) is 13.0 Å². The maximum atomic E-state index is 11.2. The predicted octanol–water partition coefficient (Wildman–Crippen LogP) is 1.18. The van der Waals surface area contributed by atoms with Crippen LogP contribution in [0.3, 0.4) is 0 Å². The van der Waals surface area contributed by atoms with Crippen LogP contribution in [-0.4, -0.2) is 47.0 Å². The van der Waals surface area contributed by atoms with Gasteiger partial charge in [-0.3, -0.25) is 10.0 Å². The minimum absolute atomic E-state index is 0.153. The molecule has 0 aromatic carbocycles. The van der Waals surface area contributed by atoms with Crippen LogP contribution in [0.15, 0.2) is 0 Å². The van der Waals surface area contributed by atoms with E-state index in [1.807, 2.05) is 0 Å². The van der Waals surface area contributed by atoms with Crippen molar-refractivity contribution in [2.45, 2.75) is 25.2 Å². The normalized spacial score (nSPS) is 15.6. The van der Waals surface area contributed by atoms with E-state index < -0.39 is 24.3 Å². The summed E-state index contributed by atoms with van der Waals surface area (Å²) in [6, 6.07) is 0. The summed E-state index contributed by atoms with van der Waals surface area (Å²) in [5.41, 5.74) is 0. The summed E-state index contributed by atoms with van der Waals surface area (Å²) in [7, 11) is 0. The molecule has 0 radical (unpaired) electrons. The minimum atomic E-state index is -5.62. The molecule has 0 aromatic rings. The van der Waals surface area contributed by atoms with Gasteiger partial charge in [-0.1, -0.05) is 0 Å². The molecule has 1 heterocycles. The standard InChI is InChI=1S/C4F6O3.C4H7NO2/c5-3(6,7)1(11)13-2(12)4(8,9)10;6-4-2-1-3-5(4)7/h;7H,1-3H2. The zero-order valence-corrected chi connectivity index (χ0v) is 9.42. The maximum absolute atomic E-state index is 11.2. The molecule has 0 aliphatic carbocycles. The van der Waals surface area contributed by atoms with Crippen LogP contribution in [0.4, 0.5) is 26.3 Å². The van der Waals surface area contributed by atoms with Gasteiger partial charge in [-0.25, -0.2) is 14.7 Å². The number of hydrogen-bond acceptors (Lipinski definition) is 5. The van der Waals surface area contributed by atoms with E-state index in [4.69, 9.17) is 5.21 Å². The van der Waals surface area contributed by atoms with Crippen molar-refractivity contribution in [2.75, 3.05) is 6.54 Å². The second-order valence-corrected chi connectivity index (χ2v) is 3.29. The Labute approximate surface area is 106 Å². The van der Waals surface area contributed by atoms with Crippen molar-refractivity contribution in [3.63, 3.8) is 0 Å². The Hall–Kier alpha value is -1.85. The summed E-state index contributed by atoms with van der Waals surface area (Å²) in [5, 5.41) is 9.25. The molecule has 1 amide bonds. The number of rotatable bonds is 0. The minimum Gasteiger partial charge on any atom is -0.380 e. The molecular formula is C8H7F6NO5. The van der Waals surface area contributed by atoms with Crippen LogP contribution in [-0.2, 0) is 19.1 Å². The number of hydrogen-bond donors (Lipinski definition) is 1. The van der Waals surface area contributed by atoms with Crippen LogP contribution >= 0.6 is 0 Å². The lowest BCUT2D eigenvalue weighted by Gasteiger charge is -2.06. The second kappa shape index (κ2) is 6.54. The average Bonchev–Trinajstić information content (AvgIpc) is 2.61. The van der Waals surface area contributed by atoms with Gasteiger partial charge in [-0.15, -0.1) is 0 Å². The van der Waals surface area contributed by atoms with E-state index in [2.05, 4.69) is 4.74 Å². The van der Waals surface area contributed by atoms with Gasteiger partial charge in [-0.2, -0.15) is 26.3 Å². The average molecular weight is 311 g/mol. The van der Waals surface area contributed by atoms with Crippen LogP contribution in [0.5, 0.6) is 0 Å². The smallest absolute Gasteiger partial charge is 0.380 e. The third kappa shape index (κ3) is 6.36. The van der Waals surface area contributed by atoms with Crippen molar-refractivity contribution in [2.24, 2.45) is 0 Å². The second-order valence-electron chi connectivity index (χ2n) is 3.29. The molecule has 0 atom stereocenters. The fourth-order valence-corrected chi connectivity index (χ4v) is 0.834. The first-order valence-corrected chi connectivity index (χ1v) is 4.75. The van der Waals surface area contributed by atoms with Crippen LogP contribution in [0, 0.1) is 0 Å². The first-order chi connectivity index (χ1) is 8.85. The topological polar surface area (TPSA) is 83.9 Å². The largest absolute Gasteiger partial charge is 0.491 e. The third-order valence-electron chi connectivity index (χ3n) is 1.70. The number of esters is 2. The number of nitrogens with zero attached hydrogens (tertiary/aromatic N) is 1. The summed E-state index contributed by atoms with van der Waals surface area (Å²) >= 11 is 0. The van der Waals surface area contributed by atoms with Gasteiger partial charge in [0.1, 0.15) is 0 Å². The maximum Gasteiger partial charge on any atom is 0.491 e. The fourth-order valence-electron chi connectivity index (χ4n) is 0.834. The lowest BCUT2D eigenvalue weighted by molar-refractivity contribution is -0.221. The third-order valence-corrected chi connectivity index (χ3v) is 1.70. The highest BCUT2D eigenvalue weighted by atomic mass is 19.4. The zero-order valence-electron chi connectivity index (χ0n) is 9.42. The van der Waals surface area contributed by atoms with E-state index >= 15 is 0 Å². The fraction of sp³-hybridized carbons (Fsp3) is 0.625. The molecular weight excluding hydrogens is 304 g/mol. The lowest BCUT2D eigenvalue weighted by Crippen LogP contribution is -2.34. The highest BCUT2D eigenvalue weighted by Crippen LogP contribution is 2.21. The molecule has 0 aromatic heterocycles. The monoisotopic (exact) mass is 311 g/mol. The SMILES string of the molecule is O=C(OC(=O)C(F)(F)F)C(F)(F)F.O=C1CCCN1O. The summed E-state index contributed by atoms with van der Waals surface area (Å²) < 4.78 is 69.7. The van der Waals surface area contributed by atoms with Gasteiger partial charge in [0.25, 0.3) is 0 Å². The van der Waals surface area contributed by atoms with Gasteiger partial charge < -0.3 is 4.74 Å². The Morgan fingerprint density at radius 1 is 1.05 bits per heavy atom. The summed E-state index contributed by atoms with van der Waals surface area (Å²) in [5.74, 6) is -6.55. The molecule has 116 valence electrons. The highest BCUT2D eigenvalue weighted by molar-refractivity contribution is 5.90. The molecule has 0 bridgehead atoms. The van der Waals surface area contributed by atoms with Crippen molar-refractivity contribution in [3.05, 3.63) is 0 Å². The molecule has 0 saturated carbocycles. The number of carbonyl (C=O) groups is 3. The van der Waals surface area contributed by atoms with Gasteiger partial charge in [0.2, 0.25) is 5.91 Å². The number of halogens is 6. The predicted molar refractivity (Wildman–Crippen MR) is 45.9 cm³/mol. The number of alkyl halides is 6. The van der Waals surface area contributed by atoms with Crippen LogP contribution in [0.25, 0.3) is 0 Å². The Bertz CT molecular complexity index is 366. The Morgan fingerprint density at radius 2 is 1.45 bits per heavy atom. The Morgan fingerprint density at radius 3 is 1.60 bits per heavy atom. The van der Waals surface area contributed by atoms with Gasteiger partial charge in [0.05, 0.1) is 0 Å². The molecule has 12 heteroatoms. The Kier molecular flexibility index (Phi) is 5.94. The van der Waals surface area contributed by atoms with E-state index in [0.717, 1.165) is 11.5 Å². The summed E-state index contributed by atoms with van der Waals surface area (Å²) in [6.45, 7) is 0.513. The molecule has 20 heavy (non-hydrogen) atoms. The molecule has 1 saturated heterocycles. The first-order valence-electron chi connectivity index (χ1n) is 4.75. The van der Waals surface area contributed by atoms with E-state index in [9.17, 15) is 40.7 Å². The number of hydroxylamine groups is 2. The van der Waals surface area contributed by atoms with Crippen molar-refractivity contribution in [3.8, 4) is 0 Å². The van der Waals surface area contributed by atoms with Crippen LogP contribution < -0.4 is 0 Å². The molecule has 0 spiro atoms. The van der Waals surface area contributed by atoms with E-state index in [1.54, 1.807) is 0 Å². The highest BCUT2D eigenvalue weighted by Gasteiger charge is 2.49. The number of ether oxygens (including phenoxy) is 1. The van der Waals surface area contributed by atoms with Crippen molar-refractivity contribution in [1.29, 1.82) is 0 Å². The molecule has 1 aliphatic heterocycles. The number of amides is 1. The van der Waals surface area contributed by atoms with Gasteiger partial charge in [0.15, 0.2) is 0 Å². The summed E-state index contributed by atoms with van der Waals surface area (Å²) in [4.78, 5) is 29.6. The van der Waals surface area contributed by atoms with Gasteiger partial charge >= 0.3 is 24.3 Å². The molecule has 6 nitrogen and oxygen atoms in total. The van der Waals surface area contributed by atoms with E-state index in [-0.39, 0.29) is 5.91 Å². The molecule has 1 rings (SSSR count). The molecule has 1 aliphatic rings. The zero-order chi connectivity index (χ0) is 16.1. The van der Waals surface area contributed by atoms with Crippen molar-refractivity contribution < 1.29 is 50.7 Å². The quantitative estimate of drug-likeness (QED) is 0.314. The van der Waals surface area contributed by atoms with Gasteiger partial charge in [-0.05, 0) is 6.42 Å². The summed E-state index contributed by atoms with van der Waals surface area (Å²) in [6.07, 6.45) is -9.94. The molecule has 1 N–H and O–H groups in total.